The molecule has 0 fully saturated rings. The van der Waals surface area contributed by atoms with Gasteiger partial charge in [-0.25, -0.2) is 0 Å². The average Bonchev–Trinajstić information content (AvgIpc) is 2.52. The van der Waals surface area contributed by atoms with Crippen molar-refractivity contribution in [2.75, 3.05) is 21.3 Å². The fourth-order valence-corrected chi connectivity index (χ4v) is 2.76. The zero-order valence-corrected chi connectivity index (χ0v) is 13.8. The van der Waals surface area contributed by atoms with E-state index in [0.29, 0.717) is 22.8 Å². The molecule has 1 aromatic rings. The Bertz CT molecular complexity index is 400. The Morgan fingerprint density at radius 1 is 0.905 bits per heavy atom. The molecule has 1 N–H and O–H groups in total. The second-order valence-corrected chi connectivity index (χ2v) is 5.23. The van der Waals surface area contributed by atoms with E-state index in [2.05, 4.69) is 13.8 Å². The van der Waals surface area contributed by atoms with E-state index in [1.54, 1.807) is 33.5 Å². The summed E-state index contributed by atoms with van der Waals surface area (Å²) >= 11 is 0. The lowest BCUT2D eigenvalue weighted by atomic mass is 9.87. The van der Waals surface area contributed by atoms with Gasteiger partial charge in [0.05, 0.1) is 33.0 Å². The molecule has 0 aliphatic heterocycles. The van der Waals surface area contributed by atoms with E-state index in [9.17, 15) is 5.11 Å². The highest BCUT2D eigenvalue weighted by atomic mass is 16.5. The zero-order chi connectivity index (χ0) is 15.8. The molecule has 1 atom stereocenters. The van der Waals surface area contributed by atoms with Gasteiger partial charge in [-0.15, -0.1) is 0 Å². The third-order valence-electron chi connectivity index (χ3n) is 3.81. The summed E-state index contributed by atoms with van der Waals surface area (Å²) in [5.41, 5.74) is 0.715. The van der Waals surface area contributed by atoms with Crippen molar-refractivity contribution in [2.24, 2.45) is 5.92 Å². The van der Waals surface area contributed by atoms with Gasteiger partial charge in [0.2, 0.25) is 0 Å². The van der Waals surface area contributed by atoms with Gasteiger partial charge in [-0.2, -0.15) is 0 Å². The predicted octanol–water partition coefficient (Wildman–Crippen LogP) is 3.96. The van der Waals surface area contributed by atoms with E-state index < -0.39 is 6.10 Å². The van der Waals surface area contributed by atoms with E-state index in [-0.39, 0.29) is 5.92 Å². The van der Waals surface area contributed by atoms with Crippen molar-refractivity contribution in [1.82, 2.24) is 0 Å². The van der Waals surface area contributed by atoms with Crippen molar-refractivity contribution in [1.29, 1.82) is 0 Å². The first-order valence-electron chi connectivity index (χ1n) is 7.60. The maximum absolute atomic E-state index is 10.8. The van der Waals surface area contributed by atoms with E-state index in [0.717, 1.165) is 25.7 Å². The maximum atomic E-state index is 10.8. The molecule has 1 aromatic carbocycles. The first-order valence-corrected chi connectivity index (χ1v) is 7.60. The monoisotopic (exact) mass is 296 g/mol. The van der Waals surface area contributed by atoms with Gasteiger partial charge in [0, 0.05) is 12.1 Å². The Morgan fingerprint density at radius 2 is 1.38 bits per heavy atom. The van der Waals surface area contributed by atoms with Crippen molar-refractivity contribution in [2.45, 2.75) is 45.6 Å². The molecule has 21 heavy (non-hydrogen) atoms. The molecule has 0 radical (unpaired) electrons. The number of aliphatic hydroxyl groups excluding tert-OH is 1. The summed E-state index contributed by atoms with van der Waals surface area (Å²) in [6.45, 7) is 4.27. The normalized spacial score (nSPS) is 12.3. The Hall–Kier alpha value is -1.42. The van der Waals surface area contributed by atoms with Crippen LogP contribution >= 0.6 is 0 Å². The molecule has 0 aliphatic carbocycles. The second kappa shape index (κ2) is 8.78. The number of methoxy groups -OCH3 is 3. The van der Waals surface area contributed by atoms with Crippen LogP contribution in [0.2, 0.25) is 0 Å². The van der Waals surface area contributed by atoms with Crippen molar-refractivity contribution in [3.63, 3.8) is 0 Å². The number of rotatable bonds is 9. The van der Waals surface area contributed by atoms with Gasteiger partial charge in [-0.3, -0.25) is 0 Å². The lowest BCUT2D eigenvalue weighted by Crippen LogP contribution is -2.15. The first-order chi connectivity index (χ1) is 10.1. The lowest BCUT2D eigenvalue weighted by molar-refractivity contribution is 0.0909. The molecule has 0 heterocycles. The van der Waals surface area contributed by atoms with Crippen LogP contribution in [0, 0.1) is 5.92 Å². The molecular formula is C17H28O4. The molecular weight excluding hydrogens is 268 g/mol. The van der Waals surface area contributed by atoms with Gasteiger partial charge in [0.25, 0.3) is 0 Å². The van der Waals surface area contributed by atoms with Crippen LogP contribution in [0.5, 0.6) is 17.2 Å². The quantitative estimate of drug-likeness (QED) is 0.749. The highest BCUT2D eigenvalue weighted by molar-refractivity contribution is 5.52. The van der Waals surface area contributed by atoms with Gasteiger partial charge in [0.1, 0.15) is 17.2 Å². The zero-order valence-electron chi connectivity index (χ0n) is 13.8. The Kier molecular flexibility index (Phi) is 7.37. The number of hydrogen-bond acceptors (Lipinski definition) is 4. The summed E-state index contributed by atoms with van der Waals surface area (Å²) in [5.74, 6) is 2.07. The molecule has 0 spiro atoms. The summed E-state index contributed by atoms with van der Waals surface area (Å²) in [5, 5.41) is 10.8. The van der Waals surface area contributed by atoms with Crippen molar-refractivity contribution >= 4 is 0 Å². The molecule has 0 bridgehead atoms. The predicted molar refractivity (Wildman–Crippen MR) is 84.4 cm³/mol. The SMILES string of the molecule is CCCC(CCC)C(O)c1c(OC)cc(OC)cc1OC. The average molecular weight is 296 g/mol. The molecule has 0 amide bonds. The van der Waals surface area contributed by atoms with Gasteiger partial charge >= 0.3 is 0 Å². The smallest absolute Gasteiger partial charge is 0.132 e. The molecule has 0 aliphatic rings. The molecule has 0 saturated heterocycles. The molecule has 4 heteroatoms. The minimum atomic E-state index is -0.597. The minimum absolute atomic E-state index is 0.205. The topological polar surface area (TPSA) is 47.9 Å². The molecule has 1 rings (SSSR count). The van der Waals surface area contributed by atoms with Crippen molar-refractivity contribution in [3.8, 4) is 17.2 Å². The Balaban J connectivity index is 3.24. The maximum Gasteiger partial charge on any atom is 0.132 e. The summed E-state index contributed by atoms with van der Waals surface area (Å²) in [7, 11) is 4.79. The van der Waals surface area contributed by atoms with Crippen LogP contribution in [0.15, 0.2) is 12.1 Å². The largest absolute Gasteiger partial charge is 0.496 e. The summed E-state index contributed by atoms with van der Waals surface area (Å²) in [4.78, 5) is 0. The van der Waals surface area contributed by atoms with Crippen LogP contribution in [0.3, 0.4) is 0 Å². The third kappa shape index (κ3) is 4.27. The highest BCUT2D eigenvalue weighted by Crippen LogP contribution is 2.42. The van der Waals surface area contributed by atoms with Gasteiger partial charge in [-0.05, 0) is 18.8 Å². The molecule has 4 nitrogen and oxygen atoms in total. The Labute approximate surface area is 128 Å². The van der Waals surface area contributed by atoms with Crippen LogP contribution in [0.4, 0.5) is 0 Å². The molecule has 0 saturated carbocycles. The van der Waals surface area contributed by atoms with Gasteiger partial charge < -0.3 is 19.3 Å². The summed E-state index contributed by atoms with van der Waals surface area (Å²) < 4.78 is 16.1. The van der Waals surface area contributed by atoms with Crippen LogP contribution in [-0.2, 0) is 0 Å². The molecule has 120 valence electrons. The summed E-state index contributed by atoms with van der Waals surface area (Å²) in [6.07, 6.45) is 3.45. The van der Waals surface area contributed by atoms with E-state index in [1.807, 2.05) is 0 Å². The molecule has 0 aromatic heterocycles. The number of ether oxygens (including phenoxy) is 3. The minimum Gasteiger partial charge on any atom is -0.496 e. The van der Waals surface area contributed by atoms with Crippen molar-refractivity contribution < 1.29 is 19.3 Å². The standard InChI is InChI=1S/C17H28O4/c1-6-8-12(9-7-2)17(18)16-14(20-4)10-13(19-3)11-15(16)21-5/h10-12,17-18H,6-9H2,1-5H3. The number of aliphatic hydroxyl groups is 1. The Morgan fingerprint density at radius 3 is 1.71 bits per heavy atom. The van der Waals surface area contributed by atoms with E-state index >= 15 is 0 Å². The second-order valence-electron chi connectivity index (χ2n) is 5.23. The number of hydrogen-bond donors (Lipinski definition) is 1. The van der Waals surface area contributed by atoms with Crippen LogP contribution in [0.25, 0.3) is 0 Å². The number of benzene rings is 1. The molecule has 1 unspecified atom stereocenters. The fraction of sp³-hybridized carbons (Fsp3) is 0.647. The summed E-state index contributed by atoms with van der Waals surface area (Å²) in [6, 6.07) is 3.58. The lowest BCUT2D eigenvalue weighted by Gasteiger charge is -2.26. The van der Waals surface area contributed by atoms with E-state index in [4.69, 9.17) is 14.2 Å². The van der Waals surface area contributed by atoms with Crippen LogP contribution in [-0.4, -0.2) is 26.4 Å². The fourth-order valence-electron chi connectivity index (χ4n) is 2.76. The van der Waals surface area contributed by atoms with E-state index in [1.165, 1.54) is 0 Å². The van der Waals surface area contributed by atoms with Gasteiger partial charge in [-0.1, -0.05) is 26.7 Å². The first kappa shape index (κ1) is 17.6. The van der Waals surface area contributed by atoms with Gasteiger partial charge in [0.15, 0.2) is 0 Å². The highest BCUT2D eigenvalue weighted by Gasteiger charge is 2.27. The van der Waals surface area contributed by atoms with Crippen molar-refractivity contribution in [3.05, 3.63) is 17.7 Å². The third-order valence-corrected chi connectivity index (χ3v) is 3.81. The van der Waals surface area contributed by atoms with Crippen LogP contribution < -0.4 is 14.2 Å². The van der Waals surface area contributed by atoms with Crippen LogP contribution in [0.1, 0.15) is 51.2 Å².